The monoisotopic (exact) mass is 318 g/mol. The number of unbranched alkanes of at least 4 members (excludes halogenated alkanes) is 2. The summed E-state index contributed by atoms with van der Waals surface area (Å²) in [4.78, 5) is 11.1. The molecule has 0 saturated carbocycles. The van der Waals surface area contributed by atoms with Crippen LogP contribution in [0.2, 0.25) is 0 Å². The Bertz CT molecular complexity index is 327. The third-order valence-corrected chi connectivity index (χ3v) is 3.99. The molecule has 1 amide bonds. The number of aliphatic hydroxyl groups is 1. The van der Waals surface area contributed by atoms with Crippen molar-refractivity contribution in [2.75, 3.05) is 20.8 Å². The van der Waals surface area contributed by atoms with E-state index < -0.39 is 24.5 Å². The lowest BCUT2D eigenvalue weighted by Gasteiger charge is -2.42. The highest BCUT2D eigenvalue weighted by atomic mass is 16.7. The number of carbonyl (C=O) groups excluding carboxylic acids is 1. The Kier molecular flexibility index (Phi) is 8.89. The second-order valence-corrected chi connectivity index (χ2v) is 5.57. The molecular formula is C15H30N2O5. The predicted molar refractivity (Wildman–Crippen MR) is 82.2 cm³/mol. The molecule has 1 aliphatic heterocycles. The highest BCUT2D eigenvalue weighted by Crippen LogP contribution is 2.25. The van der Waals surface area contributed by atoms with Crippen molar-refractivity contribution in [2.45, 2.75) is 69.7 Å². The van der Waals surface area contributed by atoms with Crippen LogP contribution in [0, 0.1) is 0 Å². The first kappa shape index (κ1) is 19.3. The van der Waals surface area contributed by atoms with Gasteiger partial charge in [0, 0.05) is 27.2 Å². The number of rotatable bonds is 9. The molecule has 7 heteroatoms. The van der Waals surface area contributed by atoms with Crippen LogP contribution < -0.4 is 11.1 Å². The van der Waals surface area contributed by atoms with Crippen molar-refractivity contribution in [1.29, 1.82) is 0 Å². The first-order valence-corrected chi connectivity index (χ1v) is 7.99. The van der Waals surface area contributed by atoms with Gasteiger partial charge in [-0.2, -0.15) is 0 Å². The highest BCUT2D eigenvalue weighted by molar-refractivity contribution is 5.75. The summed E-state index contributed by atoms with van der Waals surface area (Å²) in [5.74, 6) is 0.0552. The quantitative estimate of drug-likeness (QED) is 0.523. The largest absolute Gasteiger partial charge is 0.388 e. The standard InChI is InChI=1S/C15H30N2O5/c1-4-10-14(13(19)12(16)15(20-3)22-10)21-9-7-5-6-8-11(18)17-2/h10,12-15,19H,4-9,16H2,1-3H3,(H,17,18). The number of carbonyl (C=O) groups is 1. The number of ether oxygens (including phenoxy) is 3. The number of hydrogen-bond donors (Lipinski definition) is 3. The third kappa shape index (κ3) is 5.48. The van der Waals surface area contributed by atoms with Crippen molar-refractivity contribution in [1.82, 2.24) is 5.32 Å². The summed E-state index contributed by atoms with van der Waals surface area (Å²) in [6.45, 7) is 2.49. The zero-order valence-electron chi connectivity index (χ0n) is 13.8. The van der Waals surface area contributed by atoms with E-state index in [2.05, 4.69) is 5.32 Å². The van der Waals surface area contributed by atoms with Crippen LogP contribution in [0.3, 0.4) is 0 Å². The van der Waals surface area contributed by atoms with Crippen molar-refractivity contribution >= 4 is 5.91 Å². The maximum absolute atomic E-state index is 11.1. The maximum Gasteiger partial charge on any atom is 0.219 e. The zero-order chi connectivity index (χ0) is 16.5. The van der Waals surface area contributed by atoms with E-state index in [1.807, 2.05) is 6.92 Å². The van der Waals surface area contributed by atoms with Gasteiger partial charge in [0.15, 0.2) is 6.29 Å². The van der Waals surface area contributed by atoms with Crippen LogP contribution in [-0.4, -0.2) is 62.4 Å². The topological polar surface area (TPSA) is 103 Å². The summed E-state index contributed by atoms with van der Waals surface area (Å²) in [6.07, 6.45) is 1.72. The molecular weight excluding hydrogens is 288 g/mol. The molecule has 1 saturated heterocycles. The summed E-state index contributed by atoms with van der Waals surface area (Å²) < 4.78 is 16.6. The van der Waals surface area contributed by atoms with Gasteiger partial charge in [-0.25, -0.2) is 0 Å². The van der Waals surface area contributed by atoms with E-state index in [0.717, 1.165) is 19.3 Å². The van der Waals surface area contributed by atoms with E-state index in [1.54, 1.807) is 7.05 Å². The molecule has 1 aliphatic rings. The number of nitrogens with two attached hydrogens (primary N) is 1. The summed E-state index contributed by atoms with van der Waals surface area (Å²) in [7, 11) is 3.15. The molecule has 130 valence electrons. The molecule has 5 unspecified atom stereocenters. The van der Waals surface area contributed by atoms with Crippen LogP contribution >= 0.6 is 0 Å². The normalized spacial score (nSPS) is 32.0. The van der Waals surface area contributed by atoms with Gasteiger partial charge in [-0.05, 0) is 19.3 Å². The van der Waals surface area contributed by atoms with Crippen LogP contribution in [0.25, 0.3) is 0 Å². The van der Waals surface area contributed by atoms with E-state index in [-0.39, 0.29) is 12.0 Å². The fourth-order valence-corrected chi connectivity index (χ4v) is 2.60. The van der Waals surface area contributed by atoms with Gasteiger partial charge in [-0.1, -0.05) is 13.3 Å². The SMILES string of the molecule is CCC1OC(OC)C(N)C(O)C1OCCCCCC(=O)NC. The van der Waals surface area contributed by atoms with Gasteiger partial charge < -0.3 is 30.4 Å². The molecule has 0 spiro atoms. The third-order valence-electron chi connectivity index (χ3n) is 3.99. The Morgan fingerprint density at radius 3 is 2.68 bits per heavy atom. The summed E-state index contributed by atoms with van der Waals surface area (Å²) in [5, 5.41) is 12.9. The summed E-state index contributed by atoms with van der Waals surface area (Å²) in [5.41, 5.74) is 5.92. The van der Waals surface area contributed by atoms with Gasteiger partial charge in [-0.3, -0.25) is 4.79 Å². The van der Waals surface area contributed by atoms with E-state index in [4.69, 9.17) is 19.9 Å². The van der Waals surface area contributed by atoms with E-state index in [1.165, 1.54) is 7.11 Å². The van der Waals surface area contributed by atoms with Crippen molar-refractivity contribution in [2.24, 2.45) is 5.73 Å². The number of methoxy groups -OCH3 is 1. The molecule has 0 radical (unpaired) electrons. The lowest BCUT2D eigenvalue weighted by Crippen LogP contribution is -2.62. The summed E-state index contributed by atoms with van der Waals surface area (Å²) in [6, 6.07) is -0.619. The second-order valence-electron chi connectivity index (χ2n) is 5.57. The van der Waals surface area contributed by atoms with Gasteiger partial charge in [-0.15, -0.1) is 0 Å². The van der Waals surface area contributed by atoms with Crippen LogP contribution in [0.15, 0.2) is 0 Å². The molecule has 0 aromatic carbocycles. The molecule has 1 fully saturated rings. The lowest BCUT2D eigenvalue weighted by molar-refractivity contribution is -0.261. The Balaban J connectivity index is 2.32. The van der Waals surface area contributed by atoms with E-state index >= 15 is 0 Å². The van der Waals surface area contributed by atoms with Crippen molar-refractivity contribution in [3.8, 4) is 0 Å². The van der Waals surface area contributed by atoms with E-state index in [9.17, 15) is 9.90 Å². The average Bonchev–Trinajstić information content (AvgIpc) is 2.54. The average molecular weight is 318 g/mol. The molecule has 0 aromatic heterocycles. The molecule has 0 aromatic rings. The summed E-state index contributed by atoms with van der Waals surface area (Å²) >= 11 is 0. The van der Waals surface area contributed by atoms with Crippen LogP contribution in [0.4, 0.5) is 0 Å². The van der Waals surface area contributed by atoms with Crippen LogP contribution in [-0.2, 0) is 19.0 Å². The molecule has 5 atom stereocenters. The molecule has 4 N–H and O–H groups in total. The first-order valence-electron chi connectivity index (χ1n) is 7.99. The molecule has 0 aliphatic carbocycles. The second kappa shape index (κ2) is 10.1. The lowest BCUT2D eigenvalue weighted by atomic mass is 9.95. The van der Waals surface area contributed by atoms with Gasteiger partial charge >= 0.3 is 0 Å². The minimum absolute atomic E-state index is 0.0552. The fraction of sp³-hybridized carbons (Fsp3) is 0.933. The van der Waals surface area contributed by atoms with Gasteiger partial charge in [0.1, 0.15) is 12.2 Å². The number of aliphatic hydroxyl groups excluding tert-OH is 1. The Labute approximate surface area is 132 Å². The Hall–Kier alpha value is -0.730. The molecule has 7 nitrogen and oxygen atoms in total. The van der Waals surface area contributed by atoms with Crippen molar-refractivity contribution < 1.29 is 24.1 Å². The molecule has 0 bridgehead atoms. The molecule has 1 heterocycles. The number of hydrogen-bond acceptors (Lipinski definition) is 6. The fourth-order valence-electron chi connectivity index (χ4n) is 2.60. The maximum atomic E-state index is 11.1. The Morgan fingerprint density at radius 2 is 2.09 bits per heavy atom. The van der Waals surface area contributed by atoms with Gasteiger partial charge in [0.25, 0.3) is 0 Å². The number of nitrogens with one attached hydrogen (secondary N) is 1. The highest BCUT2D eigenvalue weighted by Gasteiger charge is 2.43. The predicted octanol–water partition coefficient (Wildman–Crippen LogP) is 0.148. The zero-order valence-corrected chi connectivity index (χ0v) is 13.8. The Morgan fingerprint density at radius 1 is 1.36 bits per heavy atom. The van der Waals surface area contributed by atoms with Crippen molar-refractivity contribution in [3.63, 3.8) is 0 Å². The minimum atomic E-state index is -0.811. The minimum Gasteiger partial charge on any atom is -0.388 e. The van der Waals surface area contributed by atoms with Gasteiger partial charge in [0.2, 0.25) is 5.91 Å². The van der Waals surface area contributed by atoms with Crippen LogP contribution in [0.5, 0.6) is 0 Å². The molecule has 1 rings (SSSR count). The van der Waals surface area contributed by atoms with E-state index in [0.29, 0.717) is 19.4 Å². The smallest absolute Gasteiger partial charge is 0.219 e. The number of amides is 1. The van der Waals surface area contributed by atoms with Crippen molar-refractivity contribution in [3.05, 3.63) is 0 Å². The van der Waals surface area contributed by atoms with Crippen LogP contribution in [0.1, 0.15) is 39.0 Å². The van der Waals surface area contributed by atoms with Gasteiger partial charge in [0.05, 0.1) is 12.1 Å². The first-order chi connectivity index (χ1) is 10.5. The molecule has 22 heavy (non-hydrogen) atoms.